The number of carbonyl (C=O) groups excluding carboxylic acids is 2. The summed E-state index contributed by atoms with van der Waals surface area (Å²) in [6, 6.07) is 0. The lowest BCUT2D eigenvalue weighted by molar-refractivity contribution is -0.138. The summed E-state index contributed by atoms with van der Waals surface area (Å²) in [5.41, 5.74) is 0. The first kappa shape index (κ1) is 7.30. The Morgan fingerprint density at radius 1 is 1.15 bits per heavy atom. The highest BCUT2D eigenvalue weighted by atomic mass is 16.2. The van der Waals surface area contributed by atoms with Crippen LogP contribution < -0.4 is 0 Å². The number of amides is 2. The SMILES string of the molecule is CN1C(=O)C2[C@@H]3C=C[C@@H](C3)[C@@H]2C1=O. The Hall–Kier alpha value is -1.12. The summed E-state index contributed by atoms with van der Waals surface area (Å²) in [6.45, 7) is 0. The van der Waals surface area contributed by atoms with Gasteiger partial charge >= 0.3 is 0 Å². The van der Waals surface area contributed by atoms with E-state index in [9.17, 15) is 9.59 Å². The molecule has 13 heavy (non-hydrogen) atoms. The largest absolute Gasteiger partial charge is 0.285 e. The fourth-order valence-electron chi connectivity index (χ4n) is 3.05. The Kier molecular flexibility index (Phi) is 1.14. The standard InChI is InChI=1S/C10H11NO2/c1-11-9(12)7-5-2-3-6(4-5)8(7)10(11)13/h2-3,5-8H,4H2,1H3/t5-,6+,7-,8?/m0/s1. The second-order valence-corrected chi connectivity index (χ2v) is 4.24. The van der Waals surface area contributed by atoms with Crippen LogP contribution in [-0.4, -0.2) is 23.8 Å². The van der Waals surface area contributed by atoms with E-state index in [1.54, 1.807) is 7.05 Å². The lowest BCUT2D eigenvalue weighted by Gasteiger charge is -2.14. The third kappa shape index (κ3) is 0.666. The molecule has 1 unspecified atom stereocenters. The number of imide groups is 1. The molecule has 2 fully saturated rings. The minimum absolute atomic E-state index is 0.0208. The number of hydrogen-bond acceptors (Lipinski definition) is 2. The number of hydrogen-bond donors (Lipinski definition) is 0. The molecule has 2 bridgehead atoms. The Morgan fingerprint density at radius 2 is 1.62 bits per heavy atom. The van der Waals surface area contributed by atoms with Crippen LogP contribution in [-0.2, 0) is 9.59 Å². The highest BCUT2D eigenvalue weighted by Crippen LogP contribution is 2.52. The van der Waals surface area contributed by atoms with E-state index in [0.717, 1.165) is 6.42 Å². The maximum atomic E-state index is 11.7. The van der Waals surface area contributed by atoms with Crippen LogP contribution in [0.2, 0.25) is 0 Å². The molecule has 2 aliphatic carbocycles. The highest BCUT2D eigenvalue weighted by Gasteiger charge is 2.58. The van der Waals surface area contributed by atoms with Gasteiger partial charge in [0, 0.05) is 7.05 Å². The number of carbonyl (C=O) groups is 2. The van der Waals surface area contributed by atoms with Gasteiger partial charge in [-0.05, 0) is 18.3 Å². The van der Waals surface area contributed by atoms with Gasteiger partial charge in [0.15, 0.2) is 0 Å². The van der Waals surface area contributed by atoms with E-state index in [1.807, 2.05) is 0 Å². The van der Waals surface area contributed by atoms with Crippen LogP contribution in [0.15, 0.2) is 12.2 Å². The number of likely N-dealkylation sites (tertiary alicyclic amines) is 1. The predicted molar refractivity (Wildman–Crippen MR) is 45.5 cm³/mol. The van der Waals surface area contributed by atoms with Crippen molar-refractivity contribution in [1.82, 2.24) is 4.90 Å². The van der Waals surface area contributed by atoms with Crippen molar-refractivity contribution < 1.29 is 9.59 Å². The van der Waals surface area contributed by atoms with E-state index < -0.39 is 0 Å². The van der Waals surface area contributed by atoms with Gasteiger partial charge in [-0.2, -0.15) is 0 Å². The van der Waals surface area contributed by atoms with Gasteiger partial charge in [-0.15, -0.1) is 0 Å². The maximum absolute atomic E-state index is 11.7. The van der Waals surface area contributed by atoms with Crippen LogP contribution in [0.5, 0.6) is 0 Å². The topological polar surface area (TPSA) is 37.4 Å². The molecule has 3 aliphatic rings. The van der Waals surface area contributed by atoms with E-state index in [1.165, 1.54) is 4.90 Å². The van der Waals surface area contributed by atoms with Crippen LogP contribution in [0.4, 0.5) is 0 Å². The molecule has 0 aromatic carbocycles. The Morgan fingerprint density at radius 3 is 2.08 bits per heavy atom. The fraction of sp³-hybridized carbons (Fsp3) is 0.600. The third-order valence-corrected chi connectivity index (χ3v) is 3.69. The van der Waals surface area contributed by atoms with Crippen LogP contribution >= 0.6 is 0 Å². The normalized spacial score (nSPS) is 46.4. The molecule has 3 nitrogen and oxygen atoms in total. The van der Waals surface area contributed by atoms with Gasteiger partial charge in [-0.3, -0.25) is 14.5 Å². The zero-order chi connectivity index (χ0) is 9.16. The van der Waals surface area contributed by atoms with Crippen LogP contribution in [0.1, 0.15) is 6.42 Å². The molecule has 3 rings (SSSR count). The average Bonchev–Trinajstić information content (AvgIpc) is 2.76. The van der Waals surface area contributed by atoms with Gasteiger partial charge in [-0.1, -0.05) is 12.2 Å². The first-order valence-electron chi connectivity index (χ1n) is 4.70. The second-order valence-electron chi connectivity index (χ2n) is 4.24. The smallest absolute Gasteiger partial charge is 0.233 e. The first-order chi connectivity index (χ1) is 6.20. The monoisotopic (exact) mass is 177 g/mol. The quantitative estimate of drug-likeness (QED) is 0.397. The summed E-state index contributed by atoms with van der Waals surface area (Å²) in [7, 11) is 1.60. The zero-order valence-corrected chi connectivity index (χ0v) is 7.43. The molecule has 0 aromatic rings. The van der Waals surface area contributed by atoms with E-state index in [0.29, 0.717) is 11.8 Å². The van der Waals surface area contributed by atoms with Crippen LogP contribution in [0.25, 0.3) is 0 Å². The minimum atomic E-state index is -0.0208. The molecule has 1 saturated carbocycles. The summed E-state index contributed by atoms with van der Waals surface area (Å²) in [5.74, 6) is 0.714. The zero-order valence-electron chi connectivity index (χ0n) is 7.43. The Labute approximate surface area is 76.4 Å². The van der Waals surface area contributed by atoms with Crippen molar-refractivity contribution >= 4 is 11.8 Å². The summed E-state index contributed by atoms with van der Waals surface area (Å²) in [4.78, 5) is 24.6. The molecule has 1 aliphatic heterocycles. The van der Waals surface area contributed by atoms with Gasteiger partial charge in [0.2, 0.25) is 11.8 Å². The second kappa shape index (κ2) is 2.03. The molecular weight excluding hydrogens is 166 g/mol. The molecule has 0 aromatic heterocycles. The van der Waals surface area contributed by atoms with Crippen molar-refractivity contribution in [3.8, 4) is 0 Å². The lowest BCUT2D eigenvalue weighted by Crippen LogP contribution is -2.28. The van der Waals surface area contributed by atoms with Crippen molar-refractivity contribution in [1.29, 1.82) is 0 Å². The van der Waals surface area contributed by atoms with Crippen molar-refractivity contribution in [3.05, 3.63) is 12.2 Å². The van der Waals surface area contributed by atoms with E-state index in [4.69, 9.17) is 0 Å². The first-order valence-corrected chi connectivity index (χ1v) is 4.70. The van der Waals surface area contributed by atoms with E-state index >= 15 is 0 Å². The van der Waals surface area contributed by atoms with Crippen LogP contribution in [0, 0.1) is 23.7 Å². The van der Waals surface area contributed by atoms with Crippen molar-refractivity contribution in [2.75, 3.05) is 7.05 Å². The van der Waals surface area contributed by atoms with Crippen molar-refractivity contribution in [2.24, 2.45) is 23.7 Å². The summed E-state index contributed by atoms with van der Waals surface area (Å²) in [6.07, 6.45) is 5.23. The minimum Gasteiger partial charge on any atom is -0.285 e. The summed E-state index contributed by atoms with van der Waals surface area (Å²) in [5, 5.41) is 0. The lowest BCUT2D eigenvalue weighted by atomic mass is 9.85. The van der Waals surface area contributed by atoms with Gasteiger partial charge in [0.25, 0.3) is 0 Å². The van der Waals surface area contributed by atoms with Gasteiger partial charge in [0.1, 0.15) is 0 Å². The number of fused-ring (bicyclic) bond motifs is 5. The summed E-state index contributed by atoms with van der Waals surface area (Å²) < 4.78 is 0. The molecule has 2 amide bonds. The Bertz CT molecular complexity index is 304. The molecule has 1 heterocycles. The van der Waals surface area contributed by atoms with Crippen LogP contribution in [0.3, 0.4) is 0 Å². The maximum Gasteiger partial charge on any atom is 0.233 e. The molecule has 0 radical (unpaired) electrons. The molecular formula is C10H11NO2. The Balaban J connectivity index is 2.08. The number of nitrogens with zero attached hydrogens (tertiary/aromatic N) is 1. The van der Waals surface area contributed by atoms with Crippen molar-refractivity contribution in [2.45, 2.75) is 6.42 Å². The van der Waals surface area contributed by atoms with Gasteiger partial charge in [-0.25, -0.2) is 0 Å². The molecule has 3 heteroatoms. The fourth-order valence-corrected chi connectivity index (χ4v) is 3.05. The van der Waals surface area contributed by atoms with E-state index in [-0.39, 0.29) is 23.7 Å². The molecule has 68 valence electrons. The third-order valence-electron chi connectivity index (χ3n) is 3.69. The summed E-state index contributed by atoms with van der Waals surface area (Å²) >= 11 is 0. The average molecular weight is 177 g/mol. The number of rotatable bonds is 0. The molecule has 0 spiro atoms. The molecule has 1 saturated heterocycles. The van der Waals surface area contributed by atoms with Crippen molar-refractivity contribution in [3.63, 3.8) is 0 Å². The molecule has 4 atom stereocenters. The predicted octanol–water partition coefficient (Wildman–Crippen LogP) is 0.423. The van der Waals surface area contributed by atoms with Gasteiger partial charge in [0.05, 0.1) is 11.8 Å². The molecule has 0 N–H and O–H groups in total. The highest BCUT2D eigenvalue weighted by molar-refractivity contribution is 6.06. The van der Waals surface area contributed by atoms with Gasteiger partial charge < -0.3 is 0 Å². The van der Waals surface area contributed by atoms with E-state index in [2.05, 4.69) is 12.2 Å². The number of allylic oxidation sites excluding steroid dienone is 2.